The molecule has 116 valence electrons. The maximum atomic E-state index is 4.48. The number of thioether (sulfide) groups is 1. The highest BCUT2D eigenvalue weighted by Crippen LogP contribution is 2.25. The number of aliphatic imine (C=N–C) groups is 1. The van der Waals surface area contributed by atoms with Gasteiger partial charge in [0.1, 0.15) is 0 Å². The molecule has 0 radical (unpaired) electrons. The highest BCUT2D eigenvalue weighted by molar-refractivity contribution is 8.14. The molecule has 0 unspecified atom stereocenters. The monoisotopic (exact) mass is 295 g/mol. The normalized spacial score (nSPS) is 11.3. The molecule has 0 saturated heterocycles. The summed E-state index contributed by atoms with van der Waals surface area (Å²) in [5.74, 6) is 0.574. The predicted molar refractivity (Wildman–Crippen MR) is 96.4 cm³/mol. The van der Waals surface area contributed by atoms with Gasteiger partial charge < -0.3 is 0 Å². The molecule has 2 heteroatoms. The van der Waals surface area contributed by atoms with Crippen LogP contribution in [0.3, 0.4) is 0 Å². The van der Waals surface area contributed by atoms with Crippen molar-refractivity contribution in [1.82, 2.24) is 0 Å². The van der Waals surface area contributed by atoms with Gasteiger partial charge in [-0.1, -0.05) is 90.1 Å². The summed E-state index contributed by atoms with van der Waals surface area (Å²) in [6, 6.07) is 0. The molecule has 0 aromatic heterocycles. The van der Waals surface area contributed by atoms with Gasteiger partial charge in [-0.3, -0.25) is 4.99 Å². The van der Waals surface area contributed by atoms with Crippen molar-refractivity contribution in [2.75, 3.05) is 0 Å². The fourth-order valence-corrected chi connectivity index (χ4v) is 2.64. The second-order valence-electron chi connectivity index (χ2n) is 5.42. The third-order valence-corrected chi connectivity index (χ3v) is 4.08. The molecule has 0 aromatic carbocycles. The van der Waals surface area contributed by atoms with Crippen LogP contribution in [-0.2, 0) is 0 Å². The smallest absolute Gasteiger partial charge is 0.0641 e. The van der Waals surface area contributed by atoms with Crippen molar-refractivity contribution < 1.29 is 0 Å². The van der Waals surface area contributed by atoms with Gasteiger partial charge in [-0.25, -0.2) is 0 Å². The molecule has 0 amide bonds. The summed E-state index contributed by atoms with van der Waals surface area (Å²) in [7, 11) is 0. The number of rotatable bonds is 14. The van der Waals surface area contributed by atoms with Crippen LogP contribution in [0.1, 0.15) is 78.1 Å². The van der Waals surface area contributed by atoms with Crippen molar-refractivity contribution in [3.8, 4) is 0 Å². The standard InChI is InChI=1S/C18H33NS/c1-5-8-10-12-14-18(15-13-11-9-6-2)17(4)19-16-20-7-3/h7,16,18H,3-6,8-15H2,1-2H3/b19-16-. The van der Waals surface area contributed by atoms with Crippen LogP contribution < -0.4 is 0 Å². The van der Waals surface area contributed by atoms with E-state index in [1.54, 1.807) is 5.41 Å². The second-order valence-corrected chi connectivity index (χ2v) is 6.24. The van der Waals surface area contributed by atoms with Gasteiger partial charge in [0.2, 0.25) is 0 Å². The summed E-state index contributed by atoms with van der Waals surface area (Å²) in [6.07, 6.45) is 13.1. The molecule has 0 aliphatic rings. The minimum absolute atomic E-state index is 0.574. The lowest BCUT2D eigenvalue weighted by Gasteiger charge is -2.16. The average Bonchev–Trinajstić information content (AvgIpc) is 2.45. The third-order valence-electron chi connectivity index (χ3n) is 3.66. The molecular weight excluding hydrogens is 262 g/mol. The highest BCUT2D eigenvalue weighted by atomic mass is 32.2. The quantitative estimate of drug-likeness (QED) is 0.192. The van der Waals surface area contributed by atoms with E-state index in [0.29, 0.717) is 5.92 Å². The van der Waals surface area contributed by atoms with Crippen LogP contribution in [0.4, 0.5) is 0 Å². The number of unbranched alkanes of at least 4 members (excludes halogenated alkanes) is 6. The van der Waals surface area contributed by atoms with Crippen LogP contribution in [0, 0.1) is 5.92 Å². The molecule has 0 atom stereocenters. The van der Waals surface area contributed by atoms with E-state index in [2.05, 4.69) is 32.0 Å². The van der Waals surface area contributed by atoms with Crippen molar-refractivity contribution in [3.05, 3.63) is 24.3 Å². The molecule has 0 aliphatic heterocycles. The Bertz CT molecular complexity index is 259. The summed E-state index contributed by atoms with van der Waals surface area (Å²) in [6.45, 7) is 12.4. The molecule has 0 N–H and O–H groups in total. The molecule has 0 aromatic rings. The minimum atomic E-state index is 0.574. The van der Waals surface area contributed by atoms with Crippen molar-refractivity contribution >= 4 is 17.3 Å². The second kappa shape index (κ2) is 14.9. The van der Waals surface area contributed by atoms with Crippen LogP contribution in [0.25, 0.3) is 0 Å². The van der Waals surface area contributed by atoms with Gasteiger partial charge in [0.15, 0.2) is 0 Å². The fraction of sp³-hybridized carbons (Fsp3) is 0.722. The van der Waals surface area contributed by atoms with Gasteiger partial charge in [-0.05, 0) is 18.2 Å². The van der Waals surface area contributed by atoms with Crippen LogP contribution in [-0.4, -0.2) is 5.55 Å². The lowest BCUT2D eigenvalue weighted by atomic mass is 9.92. The number of hydrogen-bond acceptors (Lipinski definition) is 2. The maximum absolute atomic E-state index is 4.48. The van der Waals surface area contributed by atoms with E-state index in [1.165, 1.54) is 76.0 Å². The molecule has 0 bridgehead atoms. The van der Waals surface area contributed by atoms with E-state index in [1.807, 2.05) is 5.55 Å². The van der Waals surface area contributed by atoms with Crippen LogP contribution in [0.15, 0.2) is 29.3 Å². The van der Waals surface area contributed by atoms with Gasteiger partial charge in [-0.2, -0.15) is 0 Å². The maximum Gasteiger partial charge on any atom is 0.0641 e. The largest absolute Gasteiger partial charge is 0.254 e. The average molecular weight is 296 g/mol. The van der Waals surface area contributed by atoms with Crippen molar-refractivity contribution in [3.63, 3.8) is 0 Å². The Kier molecular flexibility index (Phi) is 14.5. The van der Waals surface area contributed by atoms with Crippen LogP contribution >= 0.6 is 11.8 Å². The van der Waals surface area contributed by atoms with Crippen molar-refractivity contribution in [2.45, 2.75) is 78.1 Å². The Morgan fingerprint density at radius 2 is 1.55 bits per heavy atom. The van der Waals surface area contributed by atoms with E-state index >= 15 is 0 Å². The van der Waals surface area contributed by atoms with E-state index < -0.39 is 0 Å². The van der Waals surface area contributed by atoms with Gasteiger partial charge in [-0.15, -0.1) is 0 Å². The zero-order valence-electron chi connectivity index (χ0n) is 13.6. The van der Waals surface area contributed by atoms with E-state index in [4.69, 9.17) is 0 Å². The van der Waals surface area contributed by atoms with E-state index in [0.717, 1.165) is 5.70 Å². The summed E-state index contributed by atoms with van der Waals surface area (Å²) in [5.41, 5.74) is 2.92. The van der Waals surface area contributed by atoms with E-state index in [-0.39, 0.29) is 0 Å². The molecule has 0 rings (SSSR count). The molecule has 0 spiro atoms. The van der Waals surface area contributed by atoms with Crippen molar-refractivity contribution in [1.29, 1.82) is 0 Å². The van der Waals surface area contributed by atoms with Gasteiger partial charge in [0, 0.05) is 11.6 Å². The third kappa shape index (κ3) is 11.3. The lowest BCUT2D eigenvalue weighted by Crippen LogP contribution is -2.03. The first kappa shape index (κ1) is 19.5. The Balaban J connectivity index is 4.14. The molecule has 1 nitrogen and oxygen atoms in total. The molecule has 0 heterocycles. The highest BCUT2D eigenvalue weighted by Gasteiger charge is 2.11. The Morgan fingerprint density at radius 1 is 1.00 bits per heavy atom. The Hall–Kier alpha value is -0.500. The summed E-state index contributed by atoms with van der Waals surface area (Å²) in [4.78, 5) is 4.48. The SMILES string of the molecule is C=CS/C=N\C(=C)C(CCCCCC)CCCCCC. The lowest BCUT2D eigenvalue weighted by molar-refractivity contribution is 0.453. The van der Waals surface area contributed by atoms with Gasteiger partial charge >= 0.3 is 0 Å². The number of allylic oxidation sites excluding steroid dienone is 1. The Labute approximate surface area is 131 Å². The van der Waals surface area contributed by atoms with Gasteiger partial charge in [0.05, 0.1) is 5.55 Å². The number of nitrogens with zero attached hydrogens (tertiary/aromatic N) is 1. The first-order valence-electron chi connectivity index (χ1n) is 8.23. The molecule has 20 heavy (non-hydrogen) atoms. The van der Waals surface area contributed by atoms with Crippen LogP contribution in [0.5, 0.6) is 0 Å². The Morgan fingerprint density at radius 3 is 2.00 bits per heavy atom. The summed E-state index contributed by atoms with van der Waals surface area (Å²) >= 11 is 1.53. The topological polar surface area (TPSA) is 12.4 Å². The predicted octanol–water partition coefficient (Wildman–Crippen LogP) is 6.96. The summed E-state index contributed by atoms with van der Waals surface area (Å²) in [5, 5.41) is 1.80. The van der Waals surface area contributed by atoms with E-state index in [9.17, 15) is 0 Å². The molecule has 0 aliphatic carbocycles. The summed E-state index contributed by atoms with van der Waals surface area (Å²) < 4.78 is 0. The molecule has 0 saturated carbocycles. The zero-order chi connectivity index (χ0) is 15.1. The van der Waals surface area contributed by atoms with Crippen molar-refractivity contribution in [2.24, 2.45) is 10.9 Å². The minimum Gasteiger partial charge on any atom is -0.254 e. The fourth-order valence-electron chi connectivity index (χ4n) is 2.36. The first-order valence-corrected chi connectivity index (χ1v) is 9.18. The number of hydrogen-bond donors (Lipinski definition) is 0. The zero-order valence-corrected chi connectivity index (χ0v) is 14.4. The molecule has 0 fully saturated rings. The first-order chi connectivity index (χ1) is 9.76. The van der Waals surface area contributed by atoms with Gasteiger partial charge in [0.25, 0.3) is 0 Å². The molecular formula is C18H33NS. The van der Waals surface area contributed by atoms with Crippen LogP contribution in [0.2, 0.25) is 0 Å².